The standard InChI is InChI=1S/C29H32FN5O4.C2H6/c1-17-9-12-23(22(30)13-17)32-27-25(29(39)33(3)4)26(18(2)28(38)34(27)5)35(16-36)21-8-6-7-19(14-21)15-24(37)31-20-10-11-20;1-2/h6-9,12-14,16,20,32H,10-11,15H2,1-5H3,(H,31,37);1-2H3. The number of nitrogens with zero attached hydrogens (tertiary/aromatic N) is 3. The van der Waals surface area contributed by atoms with Gasteiger partial charge in [-0.15, -0.1) is 0 Å². The summed E-state index contributed by atoms with van der Waals surface area (Å²) in [5, 5.41) is 5.86. The van der Waals surface area contributed by atoms with Crippen LogP contribution in [0.25, 0.3) is 0 Å². The lowest BCUT2D eigenvalue weighted by Crippen LogP contribution is -2.33. The second kappa shape index (κ2) is 13.3. The highest BCUT2D eigenvalue weighted by atomic mass is 19.1. The van der Waals surface area contributed by atoms with E-state index >= 15 is 0 Å². The molecule has 2 aromatic carbocycles. The van der Waals surface area contributed by atoms with Crippen LogP contribution < -0.4 is 21.1 Å². The van der Waals surface area contributed by atoms with Crippen LogP contribution in [-0.2, 0) is 23.1 Å². The normalized spacial score (nSPS) is 12.1. The van der Waals surface area contributed by atoms with E-state index in [1.807, 2.05) is 13.8 Å². The van der Waals surface area contributed by atoms with E-state index in [0.717, 1.165) is 12.8 Å². The van der Waals surface area contributed by atoms with E-state index in [9.17, 15) is 23.6 Å². The third-order valence-electron chi connectivity index (χ3n) is 6.63. The zero-order valence-electron chi connectivity index (χ0n) is 24.7. The molecular formula is C31H38FN5O4. The molecule has 3 aromatic rings. The zero-order chi connectivity index (χ0) is 30.4. The van der Waals surface area contributed by atoms with Gasteiger partial charge in [0.05, 0.1) is 17.8 Å². The van der Waals surface area contributed by atoms with Gasteiger partial charge in [-0.25, -0.2) is 4.39 Å². The zero-order valence-corrected chi connectivity index (χ0v) is 24.7. The van der Waals surface area contributed by atoms with Crippen molar-refractivity contribution in [2.24, 2.45) is 7.05 Å². The van der Waals surface area contributed by atoms with Crippen LogP contribution >= 0.6 is 0 Å². The molecule has 2 N–H and O–H groups in total. The van der Waals surface area contributed by atoms with Crippen LogP contribution in [0.5, 0.6) is 0 Å². The number of hydrogen-bond acceptors (Lipinski definition) is 5. The number of carbonyl (C=O) groups is 3. The van der Waals surface area contributed by atoms with Crippen molar-refractivity contribution in [3.05, 3.63) is 80.9 Å². The summed E-state index contributed by atoms with van der Waals surface area (Å²) in [6.45, 7) is 7.28. The van der Waals surface area contributed by atoms with Gasteiger partial charge in [0.2, 0.25) is 12.3 Å². The van der Waals surface area contributed by atoms with Crippen molar-refractivity contribution in [1.29, 1.82) is 0 Å². The first-order valence-electron chi connectivity index (χ1n) is 13.6. The highest BCUT2D eigenvalue weighted by Crippen LogP contribution is 2.36. The van der Waals surface area contributed by atoms with Crippen molar-refractivity contribution in [3.8, 4) is 0 Å². The minimum Gasteiger partial charge on any atom is -0.353 e. The van der Waals surface area contributed by atoms with Crippen molar-refractivity contribution < 1.29 is 18.8 Å². The third-order valence-corrected chi connectivity index (χ3v) is 6.63. The number of aromatic nitrogens is 1. The molecule has 1 heterocycles. The van der Waals surface area contributed by atoms with Crippen LogP contribution in [0.1, 0.15) is 53.7 Å². The number of rotatable bonds is 9. The Morgan fingerprint density at radius 2 is 1.78 bits per heavy atom. The Morgan fingerprint density at radius 3 is 2.37 bits per heavy atom. The minimum absolute atomic E-state index is 0.0172. The van der Waals surface area contributed by atoms with Crippen molar-refractivity contribution in [2.75, 3.05) is 24.3 Å². The molecular weight excluding hydrogens is 525 g/mol. The Balaban J connectivity index is 0.00000226. The van der Waals surface area contributed by atoms with Crippen LogP contribution in [0.3, 0.4) is 0 Å². The minimum atomic E-state index is -0.558. The SMILES string of the molecule is CC.Cc1ccc(Nc2c(C(=O)N(C)C)c(N(C=O)c3cccc(CC(=O)NC4CC4)c3)c(C)c(=O)n2C)c(F)c1. The van der Waals surface area contributed by atoms with E-state index in [-0.39, 0.29) is 46.7 Å². The first-order valence-corrected chi connectivity index (χ1v) is 13.6. The van der Waals surface area contributed by atoms with E-state index < -0.39 is 17.3 Å². The molecule has 41 heavy (non-hydrogen) atoms. The summed E-state index contributed by atoms with van der Waals surface area (Å²) in [4.78, 5) is 54.4. The monoisotopic (exact) mass is 563 g/mol. The molecule has 1 fully saturated rings. The van der Waals surface area contributed by atoms with Gasteiger partial charge in [0.1, 0.15) is 17.2 Å². The van der Waals surface area contributed by atoms with Gasteiger partial charge in [-0.3, -0.25) is 28.6 Å². The molecule has 10 heteroatoms. The Hall–Kier alpha value is -4.47. The molecule has 4 rings (SSSR count). The largest absolute Gasteiger partial charge is 0.353 e. The molecule has 0 unspecified atom stereocenters. The molecule has 0 aliphatic heterocycles. The van der Waals surface area contributed by atoms with Crippen LogP contribution in [0.2, 0.25) is 0 Å². The number of anilines is 4. The summed E-state index contributed by atoms with van der Waals surface area (Å²) in [7, 11) is 4.57. The number of hydrogen-bond donors (Lipinski definition) is 2. The smallest absolute Gasteiger partial charge is 0.259 e. The Bertz CT molecular complexity index is 1510. The molecule has 0 atom stereocenters. The fourth-order valence-electron chi connectivity index (χ4n) is 4.40. The van der Waals surface area contributed by atoms with Crippen LogP contribution in [0, 0.1) is 19.7 Å². The summed E-state index contributed by atoms with van der Waals surface area (Å²) in [5.41, 5.74) is 1.59. The van der Waals surface area contributed by atoms with Crippen molar-refractivity contribution in [2.45, 2.75) is 53.0 Å². The molecule has 0 spiro atoms. The lowest BCUT2D eigenvalue weighted by molar-refractivity contribution is -0.120. The van der Waals surface area contributed by atoms with Crippen molar-refractivity contribution in [1.82, 2.24) is 14.8 Å². The van der Waals surface area contributed by atoms with Crippen LogP contribution in [-0.4, -0.2) is 47.8 Å². The molecule has 0 radical (unpaired) electrons. The average Bonchev–Trinajstić information content (AvgIpc) is 3.76. The van der Waals surface area contributed by atoms with Crippen molar-refractivity contribution in [3.63, 3.8) is 0 Å². The summed E-state index contributed by atoms with van der Waals surface area (Å²) >= 11 is 0. The van der Waals surface area contributed by atoms with Gasteiger partial charge in [0, 0.05) is 38.4 Å². The number of benzene rings is 2. The number of aryl methyl sites for hydroxylation is 1. The number of pyridine rings is 1. The Labute approximate surface area is 240 Å². The fourth-order valence-corrected chi connectivity index (χ4v) is 4.40. The van der Waals surface area contributed by atoms with Gasteiger partial charge in [-0.1, -0.05) is 32.0 Å². The summed E-state index contributed by atoms with van der Waals surface area (Å²) in [6.07, 6.45) is 2.58. The first-order chi connectivity index (χ1) is 19.5. The predicted molar refractivity (Wildman–Crippen MR) is 160 cm³/mol. The molecule has 3 amide bonds. The summed E-state index contributed by atoms with van der Waals surface area (Å²) in [6, 6.07) is 11.6. The maximum atomic E-state index is 14.8. The number of halogens is 1. The molecule has 1 aliphatic rings. The topological polar surface area (TPSA) is 104 Å². The lowest BCUT2D eigenvalue weighted by atomic mass is 10.0. The average molecular weight is 564 g/mol. The van der Waals surface area contributed by atoms with E-state index in [0.29, 0.717) is 23.2 Å². The van der Waals surface area contributed by atoms with E-state index in [1.165, 1.54) is 40.5 Å². The summed E-state index contributed by atoms with van der Waals surface area (Å²) < 4.78 is 16.0. The third kappa shape index (κ3) is 7.00. The first kappa shape index (κ1) is 31.1. The van der Waals surface area contributed by atoms with Gasteiger partial charge in [0.15, 0.2) is 0 Å². The molecule has 1 aliphatic carbocycles. The van der Waals surface area contributed by atoms with E-state index in [1.54, 1.807) is 51.4 Å². The maximum absolute atomic E-state index is 14.8. The molecule has 218 valence electrons. The van der Waals surface area contributed by atoms with Gasteiger partial charge < -0.3 is 15.5 Å². The predicted octanol–water partition coefficient (Wildman–Crippen LogP) is 4.73. The fraction of sp³-hybridized carbons (Fsp3) is 0.355. The van der Waals surface area contributed by atoms with Gasteiger partial charge in [-0.2, -0.15) is 0 Å². The van der Waals surface area contributed by atoms with Gasteiger partial charge in [0.25, 0.3) is 11.5 Å². The number of carbonyl (C=O) groups excluding carboxylic acids is 3. The van der Waals surface area contributed by atoms with Crippen LogP contribution in [0.15, 0.2) is 47.3 Å². The van der Waals surface area contributed by atoms with Gasteiger partial charge >= 0.3 is 0 Å². The second-order valence-electron chi connectivity index (χ2n) is 10.0. The number of amides is 3. The Morgan fingerprint density at radius 1 is 1.10 bits per heavy atom. The van der Waals surface area contributed by atoms with Gasteiger partial charge in [-0.05, 0) is 62.1 Å². The summed E-state index contributed by atoms with van der Waals surface area (Å²) in [5.74, 6) is -1.14. The molecule has 9 nitrogen and oxygen atoms in total. The van der Waals surface area contributed by atoms with Crippen molar-refractivity contribution >= 4 is 41.1 Å². The highest BCUT2D eigenvalue weighted by molar-refractivity contribution is 6.08. The van der Waals surface area contributed by atoms with E-state index in [2.05, 4.69) is 10.6 Å². The van der Waals surface area contributed by atoms with Crippen LogP contribution in [0.4, 0.5) is 27.3 Å². The number of nitrogens with one attached hydrogen (secondary N) is 2. The Kier molecular flexibility index (Phi) is 10.0. The molecule has 1 aromatic heterocycles. The molecule has 0 saturated heterocycles. The highest BCUT2D eigenvalue weighted by Gasteiger charge is 2.30. The maximum Gasteiger partial charge on any atom is 0.259 e. The lowest BCUT2D eigenvalue weighted by Gasteiger charge is -2.27. The molecule has 1 saturated carbocycles. The second-order valence-corrected chi connectivity index (χ2v) is 10.0. The molecule has 0 bridgehead atoms. The quantitative estimate of drug-likeness (QED) is 0.367. The van der Waals surface area contributed by atoms with E-state index in [4.69, 9.17) is 0 Å².